The lowest BCUT2D eigenvalue weighted by molar-refractivity contribution is -0.0592. The van der Waals surface area contributed by atoms with Gasteiger partial charge in [0.15, 0.2) is 0 Å². The van der Waals surface area contributed by atoms with Crippen molar-refractivity contribution in [3.05, 3.63) is 59.4 Å². The van der Waals surface area contributed by atoms with Gasteiger partial charge in [-0.25, -0.2) is 9.78 Å². The molecule has 4 N–H and O–H groups in total. The van der Waals surface area contributed by atoms with Gasteiger partial charge in [0, 0.05) is 36.6 Å². The molecule has 3 aromatic rings. The number of primary amides is 1. The van der Waals surface area contributed by atoms with E-state index in [1.165, 1.54) is 0 Å². The number of ether oxygens (including phenoxy) is 1. The molecule has 5 rings (SSSR count). The normalized spacial score (nSPS) is 22.9. The summed E-state index contributed by atoms with van der Waals surface area (Å²) in [6, 6.07) is 10.3. The molecular formula is C21H20N4O4. The lowest BCUT2D eigenvalue weighted by atomic mass is 9.71. The van der Waals surface area contributed by atoms with Crippen LogP contribution in [0.25, 0.3) is 11.0 Å². The summed E-state index contributed by atoms with van der Waals surface area (Å²) in [4.78, 5) is 34.0. The van der Waals surface area contributed by atoms with Gasteiger partial charge in [-0.3, -0.25) is 4.79 Å². The summed E-state index contributed by atoms with van der Waals surface area (Å²) < 4.78 is 5.59. The monoisotopic (exact) mass is 392 g/mol. The van der Waals surface area contributed by atoms with E-state index >= 15 is 0 Å². The van der Waals surface area contributed by atoms with Crippen molar-refractivity contribution in [2.75, 3.05) is 6.54 Å². The van der Waals surface area contributed by atoms with Crippen LogP contribution in [0.3, 0.4) is 0 Å². The second-order valence-electron chi connectivity index (χ2n) is 7.70. The van der Waals surface area contributed by atoms with Gasteiger partial charge in [0.2, 0.25) is 0 Å². The molecule has 1 aromatic heterocycles. The van der Waals surface area contributed by atoms with Gasteiger partial charge >= 0.3 is 6.09 Å². The number of hydrogen-bond donors (Lipinski definition) is 3. The number of aromatic amines is 1. The number of phenols is 1. The van der Waals surface area contributed by atoms with Gasteiger partial charge in [-0.2, -0.15) is 0 Å². The number of phenolic OH excluding ortho intramolecular Hbond substituents is 1. The van der Waals surface area contributed by atoms with Crippen LogP contribution in [0.1, 0.15) is 34.3 Å². The first-order valence-electron chi connectivity index (χ1n) is 9.50. The fourth-order valence-corrected chi connectivity index (χ4v) is 4.77. The maximum Gasteiger partial charge on any atom is 0.405 e. The minimum absolute atomic E-state index is 0.0681. The van der Waals surface area contributed by atoms with Gasteiger partial charge in [-0.05, 0) is 42.3 Å². The second kappa shape index (κ2) is 6.23. The highest BCUT2D eigenvalue weighted by molar-refractivity contribution is 5.97. The molecule has 2 unspecified atom stereocenters. The molecule has 148 valence electrons. The molecule has 2 aliphatic rings. The van der Waals surface area contributed by atoms with Crippen LogP contribution in [0.5, 0.6) is 5.75 Å². The lowest BCUT2D eigenvalue weighted by Gasteiger charge is -2.50. The van der Waals surface area contributed by atoms with E-state index in [1.54, 1.807) is 30.6 Å². The number of aromatic nitrogens is 2. The summed E-state index contributed by atoms with van der Waals surface area (Å²) >= 11 is 0. The number of fused-ring (bicyclic) bond motifs is 5. The molecule has 2 bridgehead atoms. The molecular weight excluding hydrogens is 372 g/mol. The van der Waals surface area contributed by atoms with Crippen molar-refractivity contribution in [1.29, 1.82) is 0 Å². The van der Waals surface area contributed by atoms with E-state index in [9.17, 15) is 14.7 Å². The number of piperidine rings is 1. The summed E-state index contributed by atoms with van der Waals surface area (Å²) in [5.41, 5.74) is 8.36. The number of carbonyl (C=O) groups excluding carboxylic acids is 2. The highest BCUT2D eigenvalue weighted by Crippen LogP contribution is 2.47. The van der Waals surface area contributed by atoms with E-state index in [1.807, 2.05) is 17.0 Å². The molecule has 2 heterocycles. The Balaban J connectivity index is 1.51. The third-order valence-electron chi connectivity index (χ3n) is 6.03. The number of likely N-dealkylation sites (tertiary alicyclic amines) is 1. The molecule has 0 radical (unpaired) electrons. The molecule has 0 spiro atoms. The summed E-state index contributed by atoms with van der Waals surface area (Å²) in [6.07, 6.45) is 2.23. The molecule has 2 atom stereocenters. The van der Waals surface area contributed by atoms with E-state index in [-0.39, 0.29) is 17.7 Å². The molecule has 2 aromatic carbocycles. The lowest BCUT2D eigenvalue weighted by Crippen LogP contribution is -2.56. The molecule has 2 amide bonds. The average Bonchev–Trinajstić information content (AvgIpc) is 3.16. The predicted molar refractivity (Wildman–Crippen MR) is 104 cm³/mol. The highest BCUT2D eigenvalue weighted by Gasteiger charge is 2.49. The smallest absolute Gasteiger partial charge is 0.405 e. The van der Waals surface area contributed by atoms with Crippen LogP contribution in [0.2, 0.25) is 0 Å². The second-order valence-corrected chi connectivity index (χ2v) is 7.70. The predicted octanol–water partition coefficient (Wildman–Crippen LogP) is 2.42. The van der Waals surface area contributed by atoms with Gasteiger partial charge in [0.05, 0.1) is 17.4 Å². The zero-order valence-electron chi connectivity index (χ0n) is 15.6. The van der Waals surface area contributed by atoms with Crippen LogP contribution in [-0.4, -0.2) is 44.6 Å². The Morgan fingerprint density at radius 3 is 2.97 bits per heavy atom. The maximum atomic E-state index is 13.3. The van der Waals surface area contributed by atoms with Gasteiger partial charge < -0.3 is 25.5 Å². The Kier molecular flexibility index (Phi) is 3.77. The topological polar surface area (TPSA) is 122 Å². The van der Waals surface area contributed by atoms with Crippen LogP contribution < -0.4 is 5.73 Å². The Hall–Kier alpha value is -3.55. The van der Waals surface area contributed by atoms with Crippen LogP contribution >= 0.6 is 0 Å². The summed E-state index contributed by atoms with van der Waals surface area (Å²) in [5, 5.41) is 9.95. The fraction of sp³-hybridized carbons (Fsp3) is 0.286. The van der Waals surface area contributed by atoms with Crippen molar-refractivity contribution in [2.24, 2.45) is 5.73 Å². The van der Waals surface area contributed by atoms with E-state index in [2.05, 4.69) is 9.97 Å². The van der Waals surface area contributed by atoms with E-state index < -0.39 is 11.7 Å². The van der Waals surface area contributed by atoms with Crippen molar-refractivity contribution < 1.29 is 19.4 Å². The van der Waals surface area contributed by atoms with Gasteiger partial charge in [0.25, 0.3) is 5.91 Å². The Labute approximate surface area is 166 Å². The number of aromatic hydroxyl groups is 1. The number of imidazole rings is 1. The van der Waals surface area contributed by atoms with Crippen LogP contribution in [0, 0.1) is 0 Å². The minimum atomic E-state index is -0.924. The first kappa shape index (κ1) is 17.5. The van der Waals surface area contributed by atoms with E-state index in [0.29, 0.717) is 31.4 Å². The number of rotatable bonds is 2. The van der Waals surface area contributed by atoms with Gasteiger partial charge in [0.1, 0.15) is 11.4 Å². The zero-order chi connectivity index (χ0) is 20.2. The Morgan fingerprint density at radius 1 is 1.28 bits per heavy atom. The average molecular weight is 392 g/mol. The summed E-state index contributed by atoms with van der Waals surface area (Å²) in [5.74, 6) is 0.0439. The molecule has 1 saturated heterocycles. The minimum Gasteiger partial charge on any atom is -0.508 e. The molecule has 1 aliphatic carbocycles. The fourth-order valence-electron chi connectivity index (χ4n) is 4.77. The molecule has 8 heteroatoms. The standard InChI is InChI=1S/C21H20N4O4/c22-20(28)29-21-5-6-25(14(10-21)7-12-1-3-15(26)9-16(12)21)19(27)13-2-4-17-18(8-13)24-11-23-17/h1-4,8-9,11,14,26H,5-7,10H2,(H2,22,28)(H,23,24). The number of hydrogen-bond acceptors (Lipinski definition) is 5. The van der Waals surface area contributed by atoms with Crippen molar-refractivity contribution in [3.8, 4) is 5.75 Å². The van der Waals surface area contributed by atoms with Gasteiger partial charge in [-0.1, -0.05) is 6.07 Å². The number of nitrogens with one attached hydrogen (secondary N) is 1. The molecule has 8 nitrogen and oxygen atoms in total. The number of H-pyrrole nitrogens is 1. The van der Waals surface area contributed by atoms with Crippen molar-refractivity contribution in [1.82, 2.24) is 14.9 Å². The van der Waals surface area contributed by atoms with Crippen LogP contribution in [0.4, 0.5) is 4.79 Å². The SMILES string of the molecule is NC(=O)OC12CCN(C(=O)c3ccc4nc[nH]c4c3)C(Cc3ccc(O)cc31)C2. The third-order valence-corrected chi connectivity index (χ3v) is 6.03. The zero-order valence-corrected chi connectivity index (χ0v) is 15.6. The largest absolute Gasteiger partial charge is 0.508 e. The summed E-state index contributed by atoms with van der Waals surface area (Å²) in [7, 11) is 0. The van der Waals surface area contributed by atoms with Crippen molar-refractivity contribution in [2.45, 2.75) is 30.9 Å². The van der Waals surface area contributed by atoms with Gasteiger partial charge in [-0.15, -0.1) is 0 Å². The molecule has 1 aliphatic heterocycles. The first-order chi connectivity index (χ1) is 13.9. The number of nitrogens with two attached hydrogens (primary N) is 1. The Morgan fingerprint density at radius 2 is 2.14 bits per heavy atom. The number of amides is 2. The number of carbonyl (C=O) groups is 2. The molecule has 0 saturated carbocycles. The van der Waals surface area contributed by atoms with Crippen LogP contribution in [-0.2, 0) is 16.8 Å². The number of nitrogens with zero attached hydrogens (tertiary/aromatic N) is 2. The quantitative estimate of drug-likeness (QED) is 0.618. The highest BCUT2D eigenvalue weighted by atomic mass is 16.6. The van der Waals surface area contributed by atoms with E-state index in [0.717, 1.165) is 22.2 Å². The third kappa shape index (κ3) is 2.79. The first-order valence-corrected chi connectivity index (χ1v) is 9.50. The van der Waals surface area contributed by atoms with E-state index in [4.69, 9.17) is 10.5 Å². The molecule has 1 fully saturated rings. The maximum absolute atomic E-state index is 13.3. The summed E-state index contributed by atoms with van der Waals surface area (Å²) in [6.45, 7) is 0.424. The van der Waals surface area contributed by atoms with Crippen molar-refractivity contribution >= 4 is 23.0 Å². The number of benzene rings is 2. The Bertz CT molecular complexity index is 1140. The van der Waals surface area contributed by atoms with Crippen molar-refractivity contribution in [3.63, 3.8) is 0 Å². The molecule has 29 heavy (non-hydrogen) atoms. The van der Waals surface area contributed by atoms with Crippen LogP contribution in [0.15, 0.2) is 42.7 Å².